The van der Waals surface area contributed by atoms with Gasteiger partial charge in [0.05, 0.1) is 5.92 Å². The SMILES string of the molecule is CC(=O)C(=NC1(C)OC(C)=C(C(C)=O)C1c1ccc(C)cc1)C(C)=O. The molecule has 25 heavy (non-hydrogen) atoms. The summed E-state index contributed by atoms with van der Waals surface area (Å²) in [5.41, 5.74) is 1.07. The third-order valence-corrected chi connectivity index (χ3v) is 4.35. The molecular weight excluding hydrogens is 318 g/mol. The van der Waals surface area contributed by atoms with Crippen molar-refractivity contribution in [2.75, 3.05) is 0 Å². The van der Waals surface area contributed by atoms with Crippen LogP contribution >= 0.6 is 0 Å². The van der Waals surface area contributed by atoms with E-state index in [0.717, 1.165) is 11.1 Å². The Morgan fingerprint density at radius 2 is 1.52 bits per heavy atom. The van der Waals surface area contributed by atoms with Crippen LogP contribution in [0.1, 0.15) is 51.7 Å². The summed E-state index contributed by atoms with van der Waals surface area (Å²) >= 11 is 0. The van der Waals surface area contributed by atoms with Crippen LogP contribution in [-0.2, 0) is 19.1 Å². The number of aryl methyl sites for hydroxylation is 1. The molecule has 2 unspecified atom stereocenters. The highest BCUT2D eigenvalue weighted by molar-refractivity contribution is 6.65. The topological polar surface area (TPSA) is 72.8 Å². The summed E-state index contributed by atoms with van der Waals surface area (Å²) in [4.78, 5) is 40.2. The van der Waals surface area contributed by atoms with Crippen LogP contribution in [0.2, 0.25) is 0 Å². The van der Waals surface area contributed by atoms with Crippen molar-refractivity contribution in [1.82, 2.24) is 0 Å². The average molecular weight is 341 g/mol. The van der Waals surface area contributed by atoms with E-state index >= 15 is 0 Å². The van der Waals surface area contributed by atoms with Crippen LogP contribution in [-0.4, -0.2) is 28.8 Å². The van der Waals surface area contributed by atoms with Gasteiger partial charge in [0.15, 0.2) is 17.3 Å². The second-order valence-electron chi connectivity index (χ2n) is 6.60. The molecular formula is C20H23NO4. The molecule has 132 valence electrons. The van der Waals surface area contributed by atoms with Crippen molar-refractivity contribution in [3.63, 3.8) is 0 Å². The Kier molecular flexibility index (Phi) is 5.07. The van der Waals surface area contributed by atoms with Crippen molar-refractivity contribution in [3.05, 3.63) is 46.7 Å². The van der Waals surface area contributed by atoms with Crippen molar-refractivity contribution < 1.29 is 19.1 Å². The molecule has 2 atom stereocenters. The lowest BCUT2D eigenvalue weighted by Gasteiger charge is -2.29. The van der Waals surface area contributed by atoms with Crippen molar-refractivity contribution in [2.24, 2.45) is 4.99 Å². The zero-order valence-electron chi connectivity index (χ0n) is 15.5. The molecule has 1 aromatic rings. The molecule has 0 aromatic heterocycles. The van der Waals surface area contributed by atoms with Gasteiger partial charge in [0.2, 0.25) is 5.72 Å². The summed E-state index contributed by atoms with van der Waals surface area (Å²) in [5, 5.41) is 0. The third-order valence-electron chi connectivity index (χ3n) is 4.35. The number of carbonyl (C=O) groups excluding carboxylic acids is 3. The second-order valence-corrected chi connectivity index (χ2v) is 6.60. The number of nitrogens with zero attached hydrogens (tertiary/aromatic N) is 1. The van der Waals surface area contributed by atoms with E-state index in [2.05, 4.69) is 4.99 Å². The zero-order chi connectivity index (χ0) is 18.9. The summed E-state index contributed by atoms with van der Waals surface area (Å²) in [6, 6.07) is 7.73. The van der Waals surface area contributed by atoms with Gasteiger partial charge in [-0.2, -0.15) is 0 Å². The van der Waals surface area contributed by atoms with Gasteiger partial charge in [-0.1, -0.05) is 29.8 Å². The molecule has 0 N–H and O–H groups in total. The van der Waals surface area contributed by atoms with E-state index in [9.17, 15) is 14.4 Å². The van der Waals surface area contributed by atoms with Gasteiger partial charge in [-0.25, -0.2) is 4.99 Å². The van der Waals surface area contributed by atoms with Crippen LogP contribution in [0.25, 0.3) is 0 Å². The van der Waals surface area contributed by atoms with Gasteiger partial charge in [-0.05, 0) is 33.3 Å². The molecule has 0 fully saturated rings. The van der Waals surface area contributed by atoms with Gasteiger partial charge in [-0.15, -0.1) is 0 Å². The van der Waals surface area contributed by atoms with Gasteiger partial charge in [0, 0.05) is 19.4 Å². The van der Waals surface area contributed by atoms with Crippen LogP contribution < -0.4 is 0 Å². The van der Waals surface area contributed by atoms with E-state index < -0.39 is 23.2 Å². The molecule has 2 rings (SSSR count). The van der Waals surface area contributed by atoms with E-state index in [-0.39, 0.29) is 11.5 Å². The molecule has 0 amide bonds. The maximum atomic E-state index is 12.2. The zero-order valence-corrected chi connectivity index (χ0v) is 15.5. The normalized spacial score (nSPS) is 22.4. The third kappa shape index (κ3) is 3.60. The number of rotatable bonds is 5. The van der Waals surface area contributed by atoms with Crippen molar-refractivity contribution >= 4 is 23.1 Å². The Morgan fingerprint density at radius 1 is 1.00 bits per heavy atom. The van der Waals surface area contributed by atoms with Crippen LogP contribution in [0.15, 0.2) is 40.6 Å². The van der Waals surface area contributed by atoms with E-state index in [0.29, 0.717) is 11.3 Å². The molecule has 5 heteroatoms. The summed E-state index contributed by atoms with van der Waals surface area (Å²) in [7, 11) is 0. The minimum absolute atomic E-state index is 0.116. The van der Waals surface area contributed by atoms with E-state index in [4.69, 9.17) is 4.74 Å². The molecule has 0 saturated heterocycles. The van der Waals surface area contributed by atoms with E-state index in [1.807, 2.05) is 31.2 Å². The first-order valence-electron chi connectivity index (χ1n) is 8.16. The van der Waals surface area contributed by atoms with Crippen LogP contribution in [0, 0.1) is 6.92 Å². The summed E-state index contributed by atoms with van der Waals surface area (Å²) in [5.74, 6) is -0.980. The molecule has 1 aromatic carbocycles. The average Bonchev–Trinajstić information content (AvgIpc) is 2.76. The lowest BCUT2D eigenvalue weighted by molar-refractivity contribution is -0.115. The molecule has 1 aliphatic rings. The minimum Gasteiger partial charge on any atom is -0.470 e. The van der Waals surface area contributed by atoms with E-state index in [1.165, 1.54) is 20.8 Å². The number of ketones is 3. The largest absolute Gasteiger partial charge is 0.470 e. The molecule has 0 aliphatic carbocycles. The number of ether oxygens (including phenoxy) is 1. The number of aliphatic imine (C=N–C) groups is 1. The number of benzene rings is 1. The fraction of sp³-hybridized carbons (Fsp3) is 0.400. The highest BCUT2D eigenvalue weighted by Gasteiger charge is 2.48. The number of hydrogen-bond acceptors (Lipinski definition) is 5. The molecule has 0 spiro atoms. The Hall–Kier alpha value is -2.56. The molecule has 0 saturated carbocycles. The standard InChI is InChI=1S/C20H23NO4/c1-11-7-9-16(10-8-11)18-17(12(2)22)15(5)25-20(18,6)21-19(13(3)23)14(4)24/h7-10,18H,1-6H3. The Bertz CT molecular complexity index is 785. The lowest BCUT2D eigenvalue weighted by Crippen LogP contribution is -2.35. The fourth-order valence-electron chi connectivity index (χ4n) is 3.30. The predicted octanol–water partition coefficient (Wildman–Crippen LogP) is 3.31. The minimum atomic E-state index is -1.23. The summed E-state index contributed by atoms with van der Waals surface area (Å²) in [6.07, 6.45) is 0. The second kappa shape index (κ2) is 6.75. The number of Topliss-reactive ketones (excluding diaryl/α,β-unsaturated/α-hetero) is 3. The first kappa shape index (κ1) is 18.8. The molecule has 1 heterocycles. The molecule has 0 bridgehead atoms. The summed E-state index contributed by atoms with van der Waals surface area (Å²) in [6.45, 7) is 9.46. The van der Waals surface area contributed by atoms with Gasteiger partial charge >= 0.3 is 0 Å². The molecule has 5 nitrogen and oxygen atoms in total. The Balaban J connectivity index is 2.66. The van der Waals surface area contributed by atoms with Gasteiger partial charge in [0.1, 0.15) is 11.5 Å². The van der Waals surface area contributed by atoms with Crippen molar-refractivity contribution in [1.29, 1.82) is 0 Å². The van der Waals surface area contributed by atoms with Crippen LogP contribution in [0.4, 0.5) is 0 Å². The lowest BCUT2D eigenvalue weighted by atomic mass is 9.82. The van der Waals surface area contributed by atoms with Gasteiger partial charge in [0.25, 0.3) is 0 Å². The number of allylic oxidation sites excluding steroid dienone is 1. The number of carbonyl (C=O) groups is 3. The van der Waals surface area contributed by atoms with Crippen LogP contribution in [0.5, 0.6) is 0 Å². The number of hydrogen-bond donors (Lipinski definition) is 0. The van der Waals surface area contributed by atoms with Gasteiger partial charge < -0.3 is 4.74 Å². The highest BCUT2D eigenvalue weighted by atomic mass is 16.5. The van der Waals surface area contributed by atoms with E-state index in [1.54, 1.807) is 13.8 Å². The monoisotopic (exact) mass is 341 g/mol. The maximum Gasteiger partial charge on any atom is 0.208 e. The quantitative estimate of drug-likeness (QED) is 0.608. The maximum absolute atomic E-state index is 12.2. The highest BCUT2D eigenvalue weighted by Crippen LogP contribution is 2.47. The Morgan fingerprint density at radius 3 is 1.96 bits per heavy atom. The first-order chi connectivity index (χ1) is 11.6. The summed E-state index contributed by atoms with van der Waals surface area (Å²) < 4.78 is 5.92. The van der Waals surface area contributed by atoms with Crippen LogP contribution in [0.3, 0.4) is 0 Å². The van der Waals surface area contributed by atoms with Crippen molar-refractivity contribution in [3.8, 4) is 0 Å². The fourth-order valence-corrected chi connectivity index (χ4v) is 3.30. The first-order valence-corrected chi connectivity index (χ1v) is 8.16. The smallest absolute Gasteiger partial charge is 0.208 e. The Labute approximate surface area is 147 Å². The molecule has 1 aliphatic heterocycles. The molecule has 0 radical (unpaired) electrons. The predicted molar refractivity (Wildman–Crippen MR) is 95.6 cm³/mol. The van der Waals surface area contributed by atoms with Gasteiger partial charge in [-0.3, -0.25) is 14.4 Å². The van der Waals surface area contributed by atoms with Crippen molar-refractivity contribution in [2.45, 2.75) is 53.2 Å².